The van der Waals surface area contributed by atoms with Crippen LogP contribution in [0.3, 0.4) is 0 Å². The maximum absolute atomic E-state index is 12.8. The van der Waals surface area contributed by atoms with Crippen LogP contribution in [0, 0.1) is 11.8 Å². The van der Waals surface area contributed by atoms with Crippen molar-refractivity contribution in [1.82, 2.24) is 0 Å². The van der Waals surface area contributed by atoms with Gasteiger partial charge >= 0.3 is 10.4 Å². The average Bonchev–Trinajstić information content (AvgIpc) is 3.66. The lowest BCUT2D eigenvalue weighted by Crippen LogP contribution is -2.73. The van der Waals surface area contributed by atoms with Gasteiger partial charge in [0.05, 0.1) is 54.4 Å². The van der Waals surface area contributed by atoms with Gasteiger partial charge in [0, 0.05) is 14.2 Å². The molecule has 1 aliphatic carbocycles. The first-order valence-electron chi connectivity index (χ1n) is 21.7. The monoisotopic (exact) mass is 937 g/mol. The molecule has 0 bridgehead atoms. The second-order valence-corrected chi connectivity index (χ2v) is 17.7. The van der Waals surface area contributed by atoms with Gasteiger partial charge in [-0.1, -0.05) is 66.7 Å². The highest BCUT2D eigenvalue weighted by atomic mass is 32.3. The van der Waals surface area contributed by atoms with E-state index in [2.05, 4.69) is 0 Å². The van der Waals surface area contributed by atoms with Gasteiger partial charge in [0.25, 0.3) is 0 Å². The summed E-state index contributed by atoms with van der Waals surface area (Å²) in [4.78, 5) is 0. The second kappa shape index (κ2) is 22.2. The first kappa shape index (κ1) is 49.6. The summed E-state index contributed by atoms with van der Waals surface area (Å²) in [6.45, 7) is 4.33. The Morgan fingerprint density at radius 1 is 0.621 bits per heavy atom. The van der Waals surface area contributed by atoms with Gasteiger partial charge in [0.2, 0.25) is 11.6 Å². The van der Waals surface area contributed by atoms with Crippen LogP contribution in [-0.2, 0) is 83.6 Å². The third kappa shape index (κ3) is 12.0. The molecule has 0 radical (unpaired) electrons. The van der Waals surface area contributed by atoms with E-state index in [-0.39, 0.29) is 39.5 Å². The fourth-order valence-electron chi connectivity index (χ4n) is 8.61. The van der Waals surface area contributed by atoms with Crippen LogP contribution >= 0.6 is 0 Å². The SMILES string of the molecule is COc1ccc(COC[C@H]2[C+](C[C@H]3O[C@@H](OCc4ccccc4)[C@@H]4O[C@@](C)(OC)[C@](C)(OC)O[C@H]4[C@H]3OS(=O)(=O)O)C[C@@H](OCc3ccc(OC)cc3)[C@@H]2OCc2ccc(OC)cc2)cc1. The van der Waals surface area contributed by atoms with Gasteiger partial charge in [0.1, 0.15) is 72.6 Å². The van der Waals surface area contributed by atoms with Crippen LogP contribution in [0.1, 0.15) is 48.9 Å². The van der Waals surface area contributed by atoms with Crippen molar-refractivity contribution in [1.29, 1.82) is 0 Å². The van der Waals surface area contributed by atoms with E-state index in [0.29, 0.717) is 12.2 Å². The van der Waals surface area contributed by atoms with Gasteiger partial charge in [-0.05, 0) is 72.5 Å². The normalized spacial score (nSPS) is 28.8. The number of hydrogen-bond acceptors (Lipinski definition) is 15. The summed E-state index contributed by atoms with van der Waals surface area (Å²) < 4.78 is 116. The quantitative estimate of drug-likeness (QED) is 0.0628. The summed E-state index contributed by atoms with van der Waals surface area (Å²) in [5, 5.41) is 0. The van der Waals surface area contributed by atoms with E-state index >= 15 is 0 Å². The zero-order valence-electron chi connectivity index (χ0n) is 38.4. The van der Waals surface area contributed by atoms with Gasteiger partial charge in [-0.15, -0.1) is 0 Å². The smallest absolute Gasteiger partial charge is 0.397 e. The minimum atomic E-state index is -5.10. The molecule has 3 aliphatic rings. The number of ether oxygens (including phenoxy) is 12. The molecule has 358 valence electrons. The summed E-state index contributed by atoms with van der Waals surface area (Å²) in [6, 6.07) is 32.4. The maximum atomic E-state index is 12.8. The molecule has 4 aromatic rings. The standard InChI is InChI=1S/C49H60O16S/c1-48(56-6)49(2,57-7)64-46-45(63-48)44(65-66(50,51)52)42(62-47(46)61-30-32-11-9-8-10-12-32)26-36-25-41(59-28-34-15-21-38(54-4)22-16-34)43(60-29-35-17-23-39(55-5)24-18-35)40(36)31-58-27-33-13-19-37(53-3)20-14-33/h8-24,40-47H,25-31H2,1-7H3/p+1/t40-,41+,42+,43+,44-,45-,46+,47+,48+,49+/m0/s1. The van der Waals surface area contributed by atoms with E-state index in [1.165, 1.54) is 14.2 Å². The van der Waals surface area contributed by atoms with Crippen molar-refractivity contribution >= 4 is 10.4 Å². The summed E-state index contributed by atoms with van der Waals surface area (Å²) in [6.07, 6.45) is -6.65. The number of fused-ring (bicyclic) bond motifs is 1. The minimum absolute atomic E-state index is 0.0879. The summed E-state index contributed by atoms with van der Waals surface area (Å²) in [5.41, 5.74) is 3.62. The van der Waals surface area contributed by atoms with Crippen molar-refractivity contribution in [3.63, 3.8) is 0 Å². The van der Waals surface area contributed by atoms with Crippen molar-refractivity contribution in [3.05, 3.63) is 131 Å². The van der Waals surface area contributed by atoms with E-state index in [9.17, 15) is 13.0 Å². The number of hydrogen-bond donors (Lipinski definition) is 1. The van der Waals surface area contributed by atoms with Crippen molar-refractivity contribution in [3.8, 4) is 17.2 Å². The van der Waals surface area contributed by atoms with Crippen LogP contribution in [0.2, 0.25) is 0 Å². The first-order valence-corrected chi connectivity index (χ1v) is 23.1. The van der Waals surface area contributed by atoms with Gasteiger partial charge in [-0.3, -0.25) is 4.55 Å². The second-order valence-electron chi connectivity index (χ2n) is 16.7. The Morgan fingerprint density at radius 2 is 1.11 bits per heavy atom. The molecular weight excluding hydrogens is 877 g/mol. The fraction of sp³-hybridized carbons (Fsp3) is 0.490. The molecule has 2 saturated heterocycles. The summed E-state index contributed by atoms with van der Waals surface area (Å²) >= 11 is 0. The van der Waals surface area contributed by atoms with Crippen LogP contribution in [0.5, 0.6) is 17.2 Å². The molecule has 2 heterocycles. The molecule has 16 nitrogen and oxygen atoms in total. The molecule has 1 N–H and O–H groups in total. The molecule has 2 aliphatic heterocycles. The molecule has 0 spiro atoms. The predicted molar refractivity (Wildman–Crippen MR) is 239 cm³/mol. The van der Waals surface area contributed by atoms with Crippen LogP contribution in [-0.4, -0.2) is 110 Å². The van der Waals surface area contributed by atoms with Gasteiger partial charge in [0.15, 0.2) is 12.2 Å². The lowest BCUT2D eigenvalue weighted by atomic mass is 9.85. The lowest BCUT2D eigenvalue weighted by Gasteiger charge is -2.56. The fourth-order valence-corrected chi connectivity index (χ4v) is 9.13. The van der Waals surface area contributed by atoms with Gasteiger partial charge in [-0.25, -0.2) is 4.18 Å². The zero-order chi connectivity index (χ0) is 46.9. The highest BCUT2D eigenvalue weighted by Gasteiger charge is 2.65. The summed E-state index contributed by atoms with van der Waals surface area (Å²) in [7, 11) is 2.59. The van der Waals surface area contributed by atoms with E-state index in [0.717, 1.165) is 39.7 Å². The largest absolute Gasteiger partial charge is 0.497 e. The van der Waals surface area contributed by atoms with Gasteiger partial charge in [-0.2, -0.15) is 8.42 Å². The zero-order valence-corrected chi connectivity index (χ0v) is 39.2. The Hall–Kier alpha value is -4.34. The number of benzene rings is 4. The Balaban J connectivity index is 1.23. The summed E-state index contributed by atoms with van der Waals surface area (Å²) in [5.74, 6) is -0.484. The molecule has 0 aromatic heterocycles. The Kier molecular flexibility index (Phi) is 16.7. The van der Waals surface area contributed by atoms with Crippen LogP contribution < -0.4 is 14.2 Å². The third-order valence-corrected chi connectivity index (χ3v) is 13.0. The Labute approximate surface area is 387 Å². The lowest BCUT2D eigenvalue weighted by molar-refractivity contribution is -0.483. The Morgan fingerprint density at radius 3 is 1.62 bits per heavy atom. The molecular formula is C49H61O16S+. The first-order chi connectivity index (χ1) is 31.8. The predicted octanol–water partition coefficient (Wildman–Crippen LogP) is 7.02. The third-order valence-electron chi connectivity index (χ3n) is 12.6. The van der Waals surface area contributed by atoms with Crippen LogP contribution in [0.4, 0.5) is 0 Å². The highest BCUT2D eigenvalue weighted by Crippen LogP contribution is 2.48. The molecule has 17 heteroatoms. The van der Waals surface area contributed by atoms with E-state index in [4.69, 9.17) is 61.0 Å². The molecule has 66 heavy (non-hydrogen) atoms. The minimum Gasteiger partial charge on any atom is -0.497 e. The molecule has 1 saturated carbocycles. The number of methoxy groups -OCH3 is 5. The van der Waals surface area contributed by atoms with Crippen molar-refractivity contribution < 1.29 is 74.0 Å². The molecule has 0 amide bonds. The van der Waals surface area contributed by atoms with E-state index < -0.39 is 70.8 Å². The maximum Gasteiger partial charge on any atom is 0.397 e. The molecule has 0 unspecified atom stereocenters. The Bertz CT molecular complexity index is 2210. The van der Waals surface area contributed by atoms with Crippen molar-refractivity contribution in [2.45, 2.75) is 108 Å². The van der Waals surface area contributed by atoms with Gasteiger partial charge < -0.3 is 56.8 Å². The molecule has 10 atom stereocenters. The van der Waals surface area contributed by atoms with E-state index in [1.54, 1.807) is 35.2 Å². The van der Waals surface area contributed by atoms with Crippen molar-refractivity contribution in [2.75, 3.05) is 42.2 Å². The molecule has 7 rings (SSSR count). The van der Waals surface area contributed by atoms with E-state index in [1.807, 2.05) is 103 Å². The van der Waals surface area contributed by atoms with Crippen LogP contribution in [0.25, 0.3) is 0 Å². The number of rotatable bonds is 22. The highest BCUT2D eigenvalue weighted by molar-refractivity contribution is 7.80. The van der Waals surface area contributed by atoms with Crippen LogP contribution in [0.15, 0.2) is 103 Å². The van der Waals surface area contributed by atoms with Crippen molar-refractivity contribution in [2.24, 2.45) is 5.92 Å². The molecule has 3 fully saturated rings. The molecule has 4 aromatic carbocycles. The average molecular weight is 938 g/mol. The topological polar surface area (TPSA) is 174 Å².